The highest BCUT2D eigenvalue weighted by atomic mass is 16.2. The lowest BCUT2D eigenvalue weighted by atomic mass is 9.81. The standard InChI is InChI=1S/C25H32N8O2/c26-24(35)19-8-9-21-22(15-19)33(30-29-21)10-3-1-2-7-23(34)31-11-13-32(14-12-31)25-27-16-20(17-28-25)18-5-4-6-18/h8-9,15-18H,1-7,10-14H2,(H2,26,35). The van der Waals surface area contributed by atoms with Crippen molar-refractivity contribution in [2.45, 2.75) is 57.4 Å². The van der Waals surface area contributed by atoms with Gasteiger partial charge in [0.15, 0.2) is 0 Å². The second-order valence-electron chi connectivity index (χ2n) is 9.50. The molecule has 2 fully saturated rings. The van der Waals surface area contributed by atoms with Crippen LogP contribution in [0.5, 0.6) is 0 Å². The number of hydrogen-bond acceptors (Lipinski definition) is 7. The van der Waals surface area contributed by atoms with Gasteiger partial charge in [-0.2, -0.15) is 0 Å². The molecule has 0 radical (unpaired) electrons. The smallest absolute Gasteiger partial charge is 0.248 e. The normalized spacial score (nSPS) is 16.5. The zero-order valence-corrected chi connectivity index (χ0v) is 20.0. The number of unbranched alkanes of at least 4 members (excludes halogenated alkanes) is 2. The van der Waals surface area contributed by atoms with Crippen LogP contribution in [0.25, 0.3) is 11.0 Å². The first-order chi connectivity index (χ1) is 17.1. The van der Waals surface area contributed by atoms with Gasteiger partial charge in [0, 0.05) is 57.1 Å². The van der Waals surface area contributed by atoms with Crippen molar-refractivity contribution in [1.82, 2.24) is 29.9 Å². The summed E-state index contributed by atoms with van der Waals surface area (Å²) in [5, 5.41) is 8.32. The summed E-state index contributed by atoms with van der Waals surface area (Å²) in [4.78, 5) is 37.4. The molecule has 35 heavy (non-hydrogen) atoms. The summed E-state index contributed by atoms with van der Waals surface area (Å²) in [6, 6.07) is 5.15. The molecule has 1 aliphatic heterocycles. The minimum absolute atomic E-state index is 0.211. The molecule has 3 aromatic rings. The number of benzene rings is 1. The summed E-state index contributed by atoms with van der Waals surface area (Å²) < 4.78 is 1.80. The van der Waals surface area contributed by atoms with Crippen molar-refractivity contribution in [3.8, 4) is 0 Å². The Bertz CT molecular complexity index is 1180. The number of piperazine rings is 1. The predicted octanol–water partition coefficient (Wildman–Crippen LogP) is 2.50. The fourth-order valence-corrected chi connectivity index (χ4v) is 4.76. The first-order valence-electron chi connectivity index (χ1n) is 12.6. The first-order valence-corrected chi connectivity index (χ1v) is 12.6. The summed E-state index contributed by atoms with van der Waals surface area (Å²) in [5.41, 5.74) is 8.62. The maximum Gasteiger partial charge on any atom is 0.248 e. The molecule has 2 aromatic heterocycles. The number of nitrogens with zero attached hydrogens (tertiary/aromatic N) is 7. The average Bonchev–Trinajstić information content (AvgIpc) is 3.25. The van der Waals surface area contributed by atoms with E-state index < -0.39 is 5.91 Å². The van der Waals surface area contributed by atoms with Crippen LogP contribution in [-0.2, 0) is 11.3 Å². The van der Waals surface area contributed by atoms with Crippen LogP contribution in [0.15, 0.2) is 30.6 Å². The SMILES string of the molecule is NC(=O)c1ccc2nnn(CCCCCC(=O)N3CCN(c4ncc(C5CCC5)cn4)CC3)c2c1. The lowest BCUT2D eigenvalue weighted by Crippen LogP contribution is -2.49. The highest BCUT2D eigenvalue weighted by Crippen LogP contribution is 2.35. The van der Waals surface area contributed by atoms with Crippen molar-refractivity contribution in [2.75, 3.05) is 31.1 Å². The lowest BCUT2D eigenvalue weighted by molar-refractivity contribution is -0.131. The van der Waals surface area contributed by atoms with Crippen molar-refractivity contribution in [2.24, 2.45) is 5.73 Å². The molecule has 0 atom stereocenters. The third-order valence-electron chi connectivity index (χ3n) is 7.21. The van der Waals surface area contributed by atoms with Gasteiger partial charge in [-0.1, -0.05) is 18.1 Å². The Morgan fingerprint density at radius 1 is 1.00 bits per heavy atom. The average molecular weight is 477 g/mol. The fraction of sp³-hybridized carbons (Fsp3) is 0.520. The van der Waals surface area contributed by atoms with Gasteiger partial charge in [0.1, 0.15) is 5.52 Å². The number of amides is 2. The Morgan fingerprint density at radius 2 is 1.77 bits per heavy atom. The fourth-order valence-electron chi connectivity index (χ4n) is 4.76. The maximum atomic E-state index is 12.7. The Labute approximate surface area is 204 Å². The van der Waals surface area contributed by atoms with Crippen molar-refractivity contribution in [1.29, 1.82) is 0 Å². The van der Waals surface area contributed by atoms with Gasteiger partial charge in [-0.3, -0.25) is 9.59 Å². The molecule has 1 saturated heterocycles. The summed E-state index contributed by atoms with van der Waals surface area (Å²) in [7, 11) is 0. The minimum Gasteiger partial charge on any atom is -0.366 e. The van der Waals surface area contributed by atoms with Crippen LogP contribution in [0.1, 0.15) is 66.8 Å². The van der Waals surface area contributed by atoms with Crippen LogP contribution < -0.4 is 10.6 Å². The number of primary amides is 1. The molecule has 0 spiro atoms. The molecular formula is C25H32N8O2. The van der Waals surface area contributed by atoms with E-state index in [1.807, 2.05) is 17.3 Å². The Morgan fingerprint density at radius 3 is 2.46 bits per heavy atom. The molecular weight excluding hydrogens is 444 g/mol. The molecule has 3 heterocycles. The topological polar surface area (TPSA) is 123 Å². The van der Waals surface area contributed by atoms with Crippen LogP contribution in [0.3, 0.4) is 0 Å². The molecule has 0 unspecified atom stereocenters. The summed E-state index contributed by atoms with van der Waals surface area (Å²) in [6.07, 6.45) is 10.9. The van der Waals surface area contributed by atoms with Crippen molar-refractivity contribution in [3.05, 3.63) is 41.7 Å². The van der Waals surface area contributed by atoms with E-state index in [1.165, 1.54) is 24.8 Å². The maximum absolute atomic E-state index is 12.7. The molecule has 2 amide bonds. The summed E-state index contributed by atoms with van der Waals surface area (Å²) in [6.45, 7) is 3.63. The third-order valence-corrected chi connectivity index (χ3v) is 7.21. The van der Waals surface area contributed by atoms with Gasteiger partial charge < -0.3 is 15.5 Å². The Balaban J connectivity index is 1.02. The van der Waals surface area contributed by atoms with Gasteiger partial charge in [-0.15, -0.1) is 5.10 Å². The van der Waals surface area contributed by atoms with Crippen LogP contribution >= 0.6 is 0 Å². The predicted molar refractivity (Wildman–Crippen MR) is 132 cm³/mol. The number of aryl methyl sites for hydroxylation is 1. The van der Waals surface area contributed by atoms with Gasteiger partial charge in [0.2, 0.25) is 17.8 Å². The second-order valence-corrected chi connectivity index (χ2v) is 9.50. The molecule has 10 heteroatoms. The molecule has 1 aliphatic carbocycles. The van der Waals surface area contributed by atoms with E-state index in [2.05, 4.69) is 25.2 Å². The van der Waals surface area contributed by atoms with E-state index in [9.17, 15) is 9.59 Å². The van der Waals surface area contributed by atoms with Gasteiger partial charge in [-0.05, 0) is 55.4 Å². The molecule has 10 nitrogen and oxygen atoms in total. The van der Waals surface area contributed by atoms with Crippen LogP contribution in [0.4, 0.5) is 5.95 Å². The van der Waals surface area contributed by atoms with E-state index in [-0.39, 0.29) is 5.91 Å². The van der Waals surface area contributed by atoms with Crippen molar-refractivity contribution < 1.29 is 9.59 Å². The van der Waals surface area contributed by atoms with Crippen molar-refractivity contribution >= 4 is 28.8 Å². The van der Waals surface area contributed by atoms with Crippen LogP contribution in [-0.4, -0.2) is 67.9 Å². The first kappa shape index (κ1) is 23.2. The van der Waals surface area contributed by atoms with E-state index in [0.29, 0.717) is 37.5 Å². The molecule has 1 aromatic carbocycles. The molecule has 1 saturated carbocycles. The number of hydrogen-bond donors (Lipinski definition) is 1. The molecule has 2 N–H and O–H groups in total. The molecule has 0 bridgehead atoms. The molecule has 5 rings (SSSR count). The minimum atomic E-state index is -0.464. The number of aromatic nitrogens is 5. The molecule has 184 valence electrons. The zero-order chi connectivity index (χ0) is 24.2. The number of nitrogens with two attached hydrogens (primary N) is 1. The zero-order valence-electron chi connectivity index (χ0n) is 20.0. The number of carbonyl (C=O) groups excluding carboxylic acids is 2. The Hall–Kier alpha value is -3.56. The highest BCUT2D eigenvalue weighted by Gasteiger charge is 2.24. The number of carbonyl (C=O) groups is 2. The van der Waals surface area contributed by atoms with E-state index in [4.69, 9.17) is 5.73 Å². The van der Waals surface area contributed by atoms with Crippen molar-refractivity contribution in [3.63, 3.8) is 0 Å². The van der Waals surface area contributed by atoms with Gasteiger partial charge >= 0.3 is 0 Å². The largest absolute Gasteiger partial charge is 0.366 e. The monoisotopic (exact) mass is 476 g/mol. The number of anilines is 1. The number of rotatable bonds is 9. The van der Waals surface area contributed by atoms with E-state index in [1.54, 1.807) is 22.9 Å². The lowest BCUT2D eigenvalue weighted by Gasteiger charge is -2.35. The second kappa shape index (κ2) is 10.4. The van der Waals surface area contributed by atoms with Gasteiger partial charge in [0.25, 0.3) is 0 Å². The summed E-state index contributed by atoms with van der Waals surface area (Å²) >= 11 is 0. The van der Waals surface area contributed by atoms with E-state index >= 15 is 0 Å². The quantitative estimate of drug-likeness (QED) is 0.471. The summed E-state index contributed by atoms with van der Waals surface area (Å²) in [5.74, 6) is 1.16. The number of fused-ring (bicyclic) bond motifs is 1. The van der Waals surface area contributed by atoms with Crippen LogP contribution in [0, 0.1) is 0 Å². The molecule has 2 aliphatic rings. The highest BCUT2D eigenvalue weighted by molar-refractivity contribution is 5.96. The van der Waals surface area contributed by atoms with Crippen LogP contribution in [0.2, 0.25) is 0 Å². The third kappa shape index (κ3) is 5.26. The van der Waals surface area contributed by atoms with Gasteiger partial charge in [0.05, 0.1) is 5.52 Å². The van der Waals surface area contributed by atoms with E-state index in [0.717, 1.165) is 49.3 Å². The van der Waals surface area contributed by atoms with Gasteiger partial charge in [-0.25, -0.2) is 14.6 Å². The Kier molecular flexibility index (Phi) is 6.87.